The van der Waals surface area contributed by atoms with E-state index < -0.39 is 17.8 Å². The van der Waals surface area contributed by atoms with Gasteiger partial charge < -0.3 is 4.74 Å². The number of rotatable bonds is 6. The van der Waals surface area contributed by atoms with Crippen LogP contribution in [-0.4, -0.2) is 49.4 Å². The van der Waals surface area contributed by atoms with Crippen LogP contribution in [0.25, 0.3) is 5.69 Å². The Balaban J connectivity index is 1.34. The molecule has 0 N–H and O–H groups in total. The number of esters is 1. The summed E-state index contributed by atoms with van der Waals surface area (Å²) in [7, 11) is 0. The van der Waals surface area contributed by atoms with Gasteiger partial charge in [0.1, 0.15) is 0 Å². The van der Waals surface area contributed by atoms with E-state index in [1.807, 2.05) is 30.3 Å². The number of hydrogen-bond acceptors (Lipinski definition) is 7. The molecule has 0 spiro atoms. The van der Waals surface area contributed by atoms with Crippen molar-refractivity contribution < 1.29 is 19.1 Å². The second kappa shape index (κ2) is 7.39. The summed E-state index contributed by atoms with van der Waals surface area (Å²) in [5.41, 5.74) is 1.44. The van der Waals surface area contributed by atoms with Crippen LogP contribution in [0.1, 0.15) is 33.0 Å². The largest absolute Gasteiger partial charge is 0.457 e. The molecule has 4 rings (SSSR count). The lowest BCUT2D eigenvalue weighted by molar-refractivity contribution is -0.145. The highest BCUT2D eigenvalue weighted by Crippen LogP contribution is 2.22. The molecule has 1 aromatic heterocycles. The smallest absolute Gasteiger partial charge is 0.308 e. The molecule has 9 heteroatoms. The van der Waals surface area contributed by atoms with Gasteiger partial charge in [-0.1, -0.05) is 30.3 Å². The van der Waals surface area contributed by atoms with Crippen molar-refractivity contribution in [2.45, 2.75) is 13.0 Å². The van der Waals surface area contributed by atoms with Crippen molar-refractivity contribution in [2.24, 2.45) is 0 Å². The molecule has 0 bridgehead atoms. The van der Waals surface area contributed by atoms with Crippen molar-refractivity contribution in [2.75, 3.05) is 6.54 Å². The maximum Gasteiger partial charge on any atom is 0.308 e. The first kappa shape index (κ1) is 17.5. The van der Waals surface area contributed by atoms with Gasteiger partial charge in [-0.3, -0.25) is 19.3 Å². The van der Waals surface area contributed by atoms with E-state index in [2.05, 4.69) is 15.5 Å². The topological polar surface area (TPSA) is 107 Å². The Morgan fingerprint density at radius 1 is 0.929 bits per heavy atom. The molecule has 0 atom stereocenters. The molecule has 0 saturated heterocycles. The number of nitrogens with zero attached hydrogens (tertiary/aromatic N) is 5. The van der Waals surface area contributed by atoms with Gasteiger partial charge in [-0.15, -0.1) is 5.10 Å². The molecule has 28 heavy (non-hydrogen) atoms. The second-order valence-corrected chi connectivity index (χ2v) is 6.06. The van der Waals surface area contributed by atoms with Gasteiger partial charge in [-0.25, -0.2) is 0 Å². The molecule has 0 saturated carbocycles. The monoisotopic (exact) mass is 377 g/mol. The number of benzene rings is 2. The Hall–Kier alpha value is -3.88. The molecule has 1 aliphatic heterocycles. The van der Waals surface area contributed by atoms with Gasteiger partial charge in [0.25, 0.3) is 11.8 Å². The number of tetrazole rings is 1. The minimum Gasteiger partial charge on any atom is -0.457 e. The van der Waals surface area contributed by atoms with Crippen LogP contribution in [0.3, 0.4) is 0 Å². The second-order valence-electron chi connectivity index (χ2n) is 6.06. The van der Waals surface area contributed by atoms with Crippen LogP contribution in [0.4, 0.5) is 0 Å². The summed E-state index contributed by atoms with van der Waals surface area (Å²) >= 11 is 0. The molecule has 9 nitrogen and oxygen atoms in total. The van der Waals surface area contributed by atoms with Crippen molar-refractivity contribution in [1.29, 1.82) is 0 Å². The minimum absolute atomic E-state index is 0.0468. The van der Waals surface area contributed by atoms with Gasteiger partial charge in [0.05, 0.1) is 23.2 Å². The summed E-state index contributed by atoms with van der Waals surface area (Å²) < 4.78 is 6.67. The van der Waals surface area contributed by atoms with Crippen molar-refractivity contribution in [1.82, 2.24) is 25.1 Å². The number of carbonyl (C=O) groups excluding carboxylic acids is 3. The number of amides is 2. The fourth-order valence-electron chi connectivity index (χ4n) is 2.93. The van der Waals surface area contributed by atoms with Crippen LogP contribution in [0.15, 0.2) is 54.6 Å². The maximum atomic E-state index is 12.3. The molecule has 3 aromatic rings. The molecular formula is C19H15N5O4. The van der Waals surface area contributed by atoms with E-state index in [-0.39, 0.29) is 19.6 Å². The van der Waals surface area contributed by atoms with Crippen LogP contribution in [0.2, 0.25) is 0 Å². The highest BCUT2D eigenvalue weighted by atomic mass is 16.5. The Bertz CT molecular complexity index is 1010. The molecule has 2 amide bonds. The first-order valence-corrected chi connectivity index (χ1v) is 8.58. The average Bonchev–Trinajstić information content (AvgIpc) is 3.29. The van der Waals surface area contributed by atoms with E-state index >= 15 is 0 Å². The van der Waals surface area contributed by atoms with E-state index in [0.717, 1.165) is 10.6 Å². The Morgan fingerprint density at radius 3 is 2.25 bits per heavy atom. The number of aromatic nitrogens is 4. The molecule has 0 unspecified atom stereocenters. The fourth-order valence-corrected chi connectivity index (χ4v) is 2.93. The van der Waals surface area contributed by atoms with E-state index in [9.17, 15) is 14.4 Å². The normalized spacial score (nSPS) is 12.9. The van der Waals surface area contributed by atoms with Gasteiger partial charge in [0.15, 0.2) is 12.4 Å². The number of para-hydroxylation sites is 1. The third-order valence-electron chi connectivity index (χ3n) is 4.31. The van der Waals surface area contributed by atoms with Gasteiger partial charge in [-0.2, -0.15) is 4.68 Å². The number of hydrogen-bond donors (Lipinski definition) is 0. The standard InChI is InChI=1S/C19H15N5O4/c25-17(10-11-23-18(26)14-8-4-5-9-15(14)19(23)27)28-12-16-20-21-22-24(16)13-6-2-1-3-7-13/h1-9H,10-12H2. The van der Waals surface area contributed by atoms with Gasteiger partial charge in [-0.05, 0) is 34.7 Å². The lowest BCUT2D eigenvalue weighted by atomic mass is 10.1. The Morgan fingerprint density at radius 2 is 1.57 bits per heavy atom. The van der Waals surface area contributed by atoms with Gasteiger partial charge in [0, 0.05) is 6.54 Å². The zero-order valence-corrected chi connectivity index (χ0v) is 14.7. The molecule has 140 valence electrons. The van der Waals surface area contributed by atoms with Crippen molar-refractivity contribution in [3.63, 3.8) is 0 Å². The quantitative estimate of drug-likeness (QED) is 0.472. The van der Waals surface area contributed by atoms with E-state index in [1.165, 1.54) is 4.68 Å². The van der Waals surface area contributed by atoms with Crippen LogP contribution in [0.5, 0.6) is 0 Å². The summed E-state index contributed by atoms with van der Waals surface area (Å²) in [6, 6.07) is 15.8. The molecule has 0 fully saturated rings. The zero-order chi connectivity index (χ0) is 19.5. The molecular weight excluding hydrogens is 362 g/mol. The molecule has 2 heterocycles. The highest BCUT2D eigenvalue weighted by molar-refractivity contribution is 6.21. The van der Waals surface area contributed by atoms with Crippen LogP contribution >= 0.6 is 0 Å². The summed E-state index contributed by atoms with van der Waals surface area (Å²) in [6.07, 6.45) is -0.113. The molecule has 1 aliphatic rings. The highest BCUT2D eigenvalue weighted by Gasteiger charge is 2.35. The maximum absolute atomic E-state index is 12.3. The van der Waals surface area contributed by atoms with Crippen LogP contribution < -0.4 is 0 Å². The third kappa shape index (κ3) is 3.25. The Labute approximate surface area is 159 Å². The lowest BCUT2D eigenvalue weighted by Crippen LogP contribution is -2.32. The van der Waals surface area contributed by atoms with Crippen LogP contribution in [0, 0.1) is 0 Å². The third-order valence-corrected chi connectivity index (χ3v) is 4.31. The number of imide groups is 1. The Kier molecular flexibility index (Phi) is 4.63. The van der Waals surface area contributed by atoms with Crippen molar-refractivity contribution >= 4 is 17.8 Å². The summed E-state index contributed by atoms with van der Waals surface area (Å²) in [4.78, 5) is 37.7. The lowest BCUT2D eigenvalue weighted by Gasteiger charge is -2.13. The number of ether oxygens (including phenoxy) is 1. The summed E-state index contributed by atoms with van der Waals surface area (Å²) in [5, 5.41) is 11.3. The predicted octanol–water partition coefficient (Wildman–Crippen LogP) is 1.39. The van der Waals surface area contributed by atoms with Gasteiger partial charge >= 0.3 is 5.97 Å². The van der Waals surface area contributed by atoms with Gasteiger partial charge in [0.2, 0.25) is 0 Å². The zero-order valence-electron chi connectivity index (χ0n) is 14.7. The minimum atomic E-state index is -0.556. The van der Waals surface area contributed by atoms with Crippen molar-refractivity contribution in [3.05, 3.63) is 71.5 Å². The number of fused-ring (bicyclic) bond motifs is 1. The van der Waals surface area contributed by atoms with E-state index in [0.29, 0.717) is 17.0 Å². The van der Waals surface area contributed by atoms with Crippen LogP contribution in [-0.2, 0) is 16.1 Å². The first-order valence-electron chi connectivity index (χ1n) is 8.58. The summed E-state index contributed by atoms with van der Waals surface area (Å²) in [5.74, 6) is -0.998. The van der Waals surface area contributed by atoms with E-state index in [1.54, 1.807) is 24.3 Å². The average molecular weight is 377 g/mol. The molecule has 2 aromatic carbocycles. The molecule has 0 aliphatic carbocycles. The van der Waals surface area contributed by atoms with Crippen molar-refractivity contribution in [3.8, 4) is 5.69 Å². The fraction of sp³-hybridized carbons (Fsp3) is 0.158. The summed E-state index contributed by atoms with van der Waals surface area (Å²) in [6.45, 7) is -0.169. The first-order chi connectivity index (χ1) is 13.6. The molecule has 0 radical (unpaired) electrons. The predicted molar refractivity (Wildman–Crippen MR) is 95.4 cm³/mol. The van der Waals surface area contributed by atoms with E-state index in [4.69, 9.17) is 4.74 Å². The number of carbonyl (C=O) groups is 3. The SMILES string of the molecule is O=C(CCN1C(=O)c2ccccc2C1=O)OCc1nnnn1-c1ccccc1.